The minimum atomic E-state index is -0.426. The van der Waals surface area contributed by atoms with Gasteiger partial charge in [-0.1, -0.05) is 6.07 Å². The van der Waals surface area contributed by atoms with Gasteiger partial charge in [0.25, 0.3) is 0 Å². The van der Waals surface area contributed by atoms with E-state index in [2.05, 4.69) is 5.32 Å². The van der Waals surface area contributed by atoms with Crippen LogP contribution in [0.15, 0.2) is 12.1 Å². The lowest BCUT2D eigenvalue weighted by molar-refractivity contribution is -0.116. The topological polar surface area (TPSA) is 75.3 Å². The molecule has 0 heterocycles. The number of aromatic hydroxyl groups is 1. The van der Waals surface area contributed by atoms with Crippen LogP contribution in [0.5, 0.6) is 5.75 Å². The SMILES string of the molecule is Cc1ccc(NCC(N)=O)c(C)c1O. The summed E-state index contributed by atoms with van der Waals surface area (Å²) in [5, 5.41) is 12.4. The minimum Gasteiger partial charge on any atom is -0.507 e. The van der Waals surface area contributed by atoms with E-state index in [4.69, 9.17) is 5.73 Å². The van der Waals surface area contributed by atoms with Crippen LogP contribution in [-0.2, 0) is 4.79 Å². The zero-order chi connectivity index (χ0) is 10.7. The van der Waals surface area contributed by atoms with Crippen LogP contribution in [-0.4, -0.2) is 17.6 Å². The number of amides is 1. The Hall–Kier alpha value is -1.71. The number of primary amides is 1. The van der Waals surface area contributed by atoms with E-state index in [0.717, 1.165) is 16.8 Å². The smallest absolute Gasteiger partial charge is 0.236 e. The molecule has 0 aliphatic carbocycles. The van der Waals surface area contributed by atoms with Gasteiger partial charge in [0.2, 0.25) is 5.91 Å². The lowest BCUT2D eigenvalue weighted by Gasteiger charge is -2.10. The summed E-state index contributed by atoms with van der Waals surface area (Å²) in [5.74, 6) is -0.177. The first-order valence-corrected chi connectivity index (χ1v) is 4.33. The predicted molar refractivity (Wildman–Crippen MR) is 55.3 cm³/mol. The molecule has 1 amide bonds. The molecule has 4 N–H and O–H groups in total. The molecule has 1 aromatic carbocycles. The molecular formula is C10H14N2O2. The van der Waals surface area contributed by atoms with Gasteiger partial charge in [0, 0.05) is 11.3 Å². The Bertz CT molecular complexity index is 361. The standard InChI is InChI=1S/C10H14N2O2/c1-6-3-4-8(7(2)10(6)14)12-5-9(11)13/h3-4,12,14H,5H2,1-2H3,(H2,11,13). The third-order valence-electron chi connectivity index (χ3n) is 2.09. The zero-order valence-corrected chi connectivity index (χ0v) is 8.29. The van der Waals surface area contributed by atoms with Crippen molar-refractivity contribution in [2.75, 3.05) is 11.9 Å². The maximum Gasteiger partial charge on any atom is 0.236 e. The summed E-state index contributed by atoms with van der Waals surface area (Å²) >= 11 is 0. The van der Waals surface area contributed by atoms with Gasteiger partial charge in [0.1, 0.15) is 5.75 Å². The lowest BCUT2D eigenvalue weighted by Crippen LogP contribution is -2.22. The number of anilines is 1. The molecule has 1 rings (SSSR count). The molecule has 0 unspecified atom stereocenters. The van der Waals surface area contributed by atoms with Crippen LogP contribution in [0.25, 0.3) is 0 Å². The summed E-state index contributed by atoms with van der Waals surface area (Å²) < 4.78 is 0. The summed E-state index contributed by atoms with van der Waals surface area (Å²) in [5.41, 5.74) is 7.26. The Morgan fingerprint density at radius 1 is 1.50 bits per heavy atom. The minimum absolute atomic E-state index is 0.0728. The van der Waals surface area contributed by atoms with E-state index >= 15 is 0 Å². The highest BCUT2D eigenvalue weighted by Crippen LogP contribution is 2.27. The molecule has 76 valence electrons. The fourth-order valence-electron chi connectivity index (χ4n) is 1.21. The molecule has 0 spiro atoms. The van der Waals surface area contributed by atoms with Gasteiger partial charge >= 0.3 is 0 Å². The van der Waals surface area contributed by atoms with E-state index in [1.807, 2.05) is 13.0 Å². The number of phenols is 1. The van der Waals surface area contributed by atoms with Crippen molar-refractivity contribution in [2.24, 2.45) is 5.73 Å². The van der Waals surface area contributed by atoms with Crippen molar-refractivity contribution in [1.82, 2.24) is 0 Å². The van der Waals surface area contributed by atoms with Crippen molar-refractivity contribution in [3.63, 3.8) is 0 Å². The molecule has 0 saturated heterocycles. The quantitative estimate of drug-likeness (QED) is 0.669. The molecule has 0 atom stereocenters. The van der Waals surface area contributed by atoms with Gasteiger partial charge in [-0.2, -0.15) is 0 Å². The molecular weight excluding hydrogens is 180 g/mol. The fourth-order valence-corrected chi connectivity index (χ4v) is 1.21. The van der Waals surface area contributed by atoms with Crippen molar-refractivity contribution < 1.29 is 9.90 Å². The molecule has 0 aromatic heterocycles. The summed E-state index contributed by atoms with van der Waals surface area (Å²) in [6.45, 7) is 3.68. The van der Waals surface area contributed by atoms with Gasteiger partial charge in [0.15, 0.2) is 0 Å². The van der Waals surface area contributed by atoms with Crippen molar-refractivity contribution in [3.8, 4) is 5.75 Å². The van der Waals surface area contributed by atoms with Crippen LogP contribution in [0.3, 0.4) is 0 Å². The van der Waals surface area contributed by atoms with Gasteiger partial charge in [0.05, 0.1) is 6.54 Å². The number of phenolic OH excluding ortho intramolecular Hbond substituents is 1. The number of carbonyl (C=O) groups is 1. The number of aryl methyl sites for hydroxylation is 1. The van der Waals surface area contributed by atoms with Gasteiger partial charge < -0.3 is 16.2 Å². The van der Waals surface area contributed by atoms with E-state index in [1.54, 1.807) is 13.0 Å². The van der Waals surface area contributed by atoms with Crippen molar-refractivity contribution in [1.29, 1.82) is 0 Å². The van der Waals surface area contributed by atoms with Gasteiger partial charge in [-0.3, -0.25) is 4.79 Å². The Balaban J connectivity index is 2.88. The number of hydrogen-bond donors (Lipinski definition) is 3. The second kappa shape index (κ2) is 4.00. The summed E-state index contributed by atoms with van der Waals surface area (Å²) in [6, 6.07) is 3.60. The second-order valence-electron chi connectivity index (χ2n) is 3.22. The third-order valence-corrected chi connectivity index (χ3v) is 2.09. The molecule has 0 saturated carbocycles. The molecule has 0 fully saturated rings. The summed E-state index contributed by atoms with van der Waals surface area (Å²) in [6.07, 6.45) is 0. The Morgan fingerprint density at radius 2 is 2.14 bits per heavy atom. The first-order chi connectivity index (χ1) is 6.52. The third kappa shape index (κ3) is 2.16. The van der Waals surface area contributed by atoms with E-state index in [1.165, 1.54) is 0 Å². The maximum atomic E-state index is 10.5. The van der Waals surface area contributed by atoms with Gasteiger partial charge in [-0.05, 0) is 25.5 Å². The van der Waals surface area contributed by atoms with Crippen LogP contribution < -0.4 is 11.1 Å². The highest BCUT2D eigenvalue weighted by atomic mass is 16.3. The van der Waals surface area contributed by atoms with Crippen LogP contribution in [0.4, 0.5) is 5.69 Å². The average Bonchev–Trinajstić information content (AvgIpc) is 2.13. The van der Waals surface area contributed by atoms with E-state index < -0.39 is 5.91 Å². The van der Waals surface area contributed by atoms with Gasteiger partial charge in [-0.15, -0.1) is 0 Å². The van der Waals surface area contributed by atoms with E-state index in [9.17, 15) is 9.90 Å². The van der Waals surface area contributed by atoms with Crippen molar-refractivity contribution >= 4 is 11.6 Å². The molecule has 0 bridgehead atoms. The largest absolute Gasteiger partial charge is 0.507 e. The maximum absolute atomic E-state index is 10.5. The normalized spacial score (nSPS) is 9.86. The first kappa shape index (κ1) is 10.4. The van der Waals surface area contributed by atoms with Crippen LogP contribution in [0.1, 0.15) is 11.1 Å². The molecule has 0 radical (unpaired) electrons. The number of rotatable bonds is 3. The molecule has 4 heteroatoms. The summed E-state index contributed by atoms with van der Waals surface area (Å²) in [7, 11) is 0. The summed E-state index contributed by atoms with van der Waals surface area (Å²) in [4.78, 5) is 10.5. The predicted octanol–water partition coefficient (Wildman–Crippen LogP) is 0.906. The monoisotopic (exact) mass is 194 g/mol. The number of hydrogen-bond acceptors (Lipinski definition) is 3. The second-order valence-corrected chi connectivity index (χ2v) is 3.22. The highest BCUT2D eigenvalue weighted by Gasteiger charge is 2.05. The van der Waals surface area contributed by atoms with Gasteiger partial charge in [-0.25, -0.2) is 0 Å². The highest BCUT2D eigenvalue weighted by molar-refractivity contribution is 5.79. The first-order valence-electron chi connectivity index (χ1n) is 4.33. The molecule has 1 aromatic rings. The van der Waals surface area contributed by atoms with E-state index in [-0.39, 0.29) is 12.3 Å². The van der Waals surface area contributed by atoms with Crippen LogP contribution in [0, 0.1) is 13.8 Å². The van der Waals surface area contributed by atoms with Crippen molar-refractivity contribution in [2.45, 2.75) is 13.8 Å². The van der Waals surface area contributed by atoms with Crippen LogP contribution in [0.2, 0.25) is 0 Å². The molecule has 0 aliphatic heterocycles. The Kier molecular flexibility index (Phi) is 2.96. The average molecular weight is 194 g/mol. The molecule has 4 nitrogen and oxygen atoms in total. The lowest BCUT2D eigenvalue weighted by atomic mass is 10.1. The fraction of sp³-hybridized carbons (Fsp3) is 0.300. The zero-order valence-electron chi connectivity index (χ0n) is 8.29. The number of benzene rings is 1. The Morgan fingerprint density at radius 3 is 2.71 bits per heavy atom. The van der Waals surface area contributed by atoms with Crippen LogP contribution >= 0.6 is 0 Å². The number of nitrogens with two attached hydrogens (primary N) is 1. The molecule has 14 heavy (non-hydrogen) atoms. The molecule has 0 aliphatic rings. The van der Waals surface area contributed by atoms with E-state index in [0.29, 0.717) is 0 Å². The number of nitrogens with one attached hydrogen (secondary N) is 1. The Labute approximate surface area is 82.7 Å². The number of carbonyl (C=O) groups excluding carboxylic acids is 1. The van der Waals surface area contributed by atoms with Crippen molar-refractivity contribution in [3.05, 3.63) is 23.3 Å².